The number of carbonyl (C=O) groups excluding carboxylic acids is 2. The third kappa shape index (κ3) is 1.87. The third-order valence-corrected chi connectivity index (χ3v) is 3.18. The van der Waals surface area contributed by atoms with E-state index in [1.807, 2.05) is 6.92 Å². The van der Waals surface area contributed by atoms with E-state index >= 15 is 0 Å². The van der Waals surface area contributed by atoms with E-state index in [4.69, 9.17) is 5.11 Å². The Morgan fingerprint density at radius 3 is 2.62 bits per heavy atom. The highest BCUT2D eigenvalue weighted by atomic mass is 16.4. The zero-order valence-electron chi connectivity index (χ0n) is 8.97. The molecule has 1 heterocycles. The number of amides is 2. The van der Waals surface area contributed by atoms with Crippen LogP contribution >= 0.6 is 0 Å². The summed E-state index contributed by atoms with van der Waals surface area (Å²) in [4.78, 5) is 35.2. The summed E-state index contributed by atoms with van der Waals surface area (Å²) in [6.45, 7) is 1.81. The zero-order valence-corrected chi connectivity index (χ0v) is 8.97. The monoisotopic (exact) mass is 226 g/mol. The van der Waals surface area contributed by atoms with Crippen molar-refractivity contribution in [3.05, 3.63) is 0 Å². The van der Waals surface area contributed by atoms with E-state index in [2.05, 4.69) is 5.32 Å². The number of hydrogen-bond donors (Lipinski definition) is 2. The minimum atomic E-state index is -1.07. The van der Waals surface area contributed by atoms with Gasteiger partial charge in [-0.1, -0.05) is 6.92 Å². The first-order valence-electron chi connectivity index (χ1n) is 5.30. The van der Waals surface area contributed by atoms with Crippen LogP contribution in [0.3, 0.4) is 0 Å². The Morgan fingerprint density at radius 2 is 2.12 bits per heavy atom. The van der Waals surface area contributed by atoms with Crippen LogP contribution in [0.2, 0.25) is 0 Å². The number of carboxylic acids is 1. The number of carbonyl (C=O) groups is 3. The van der Waals surface area contributed by atoms with E-state index in [0.29, 0.717) is 5.92 Å². The molecular weight excluding hydrogens is 212 g/mol. The predicted molar refractivity (Wildman–Crippen MR) is 53.4 cm³/mol. The summed E-state index contributed by atoms with van der Waals surface area (Å²) in [5, 5.41) is 11.4. The van der Waals surface area contributed by atoms with Crippen molar-refractivity contribution in [2.24, 2.45) is 11.8 Å². The number of aliphatic carboxylic acids is 1. The van der Waals surface area contributed by atoms with Crippen molar-refractivity contribution in [3.63, 3.8) is 0 Å². The van der Waals surface area contributed by atoms with Crippen LogP contribution in [0, 0.1) is 11.8 Å². The Hall–Kier alpha value is -1.59. The molecule has 88 valence electrons. The van der Waals surface area contributed by atoms with E-state index in [1.165, 1.54) is 4.90 Å². The molecule has 2 rings (SSSR count). The van der Waals surface area contributed by atoms with Crippen LogP contribution in [0.1, 0.15) is 13.3 Å². The maximum Gasteiger partial charge on any atom is 0.328 e. The minimum absolute atomic E-state index is 0.001000. The molecular formula is C10H14N2O4. The number of nitrogens with zero attached hydrogens (tertiary/aromatic N) is 1. The number of rotatable bonds is 2. The van der Waals surface area contributed by atoms with Crippen molar-refractivity contribution < 1.29 is 19.5 Å². The fraction of sp³-hybridized carbons (Fsp3) is 0.700. The number of nitrogens with one attached hydrogen (secondary N) is 1. The molecule has 2 amide bonds. The second-order valence-electron chi connectivity index (χ2n) is 4.44. The van der Waals surface area contributed by atoms with Crippen LogP contribution in [-0.2, 0) is 14.4 Å². The largest absolute Gasteiger partial charge is 0.480 e. The highest BCUT2D eigenvalue weighted by molar-refractivity contribution is 5.92. The summed E-state index contributed by atoms with van der Waals surface area (Å²) in [6.07, 6.45) is 0.795. The minimum Gasteiger partial charge on any atom is -0.480 e. The summed E-state index contributed by atoms with van der Waals surface area (Å²) in [6, 6.07) is -0.919. The average molecular weight is 226 g/mol. The lowest BCUT2D eigenvalue weighted by atomic mass is 10.1. The van der Waals surface area contributed by atoms with Gasteiger partial charge in [0, 0.05) is 12.5 Å². The van der Waals surface area contributed by atoms with Gasteiger partial charge in [-0.2, -0.15) is 0 Å². The third-order valence-electron chi connectivity index (χ3n) is 3.18. The van der Waals surface area contributed by atoms with E-state index in [0.717, 1.165) is 6.42 Å². The Bertz CT molecular complexity index is 355. The van der Waals surface area contributed by atoms with Gasteiger partial charge in [-0.05, 0) is 12.3 Å². The quantitative estimate of drug-likeness (QED) is 0.636. The molecule has 1 saturated heterocycles. The summed E-state index contributed by atoms with van der Waals surface area (Å²) >= 11 is 0. The van der Waals surface area contributed by atoms with Crippen LogP contribution < -0.4 is 5.32 Å². The fourth-order valence-electron chi connectivity index (χ4n) is 1.97. The van der Waals surface area contributed by atoms with E-state index < -0.39 is 12.0 Å². The molecule has 3 atom stereocenters. The summed E-state index contributed by atoms with van der Waals surface area (Å²) in [5.41, 5.74) is 0. The maximum atomic E-state index is 11.9. The molecule has 16 heavy (non-hydrogen) atoms. The van der Waals surface area contributed by atoms with Gasteiger partial charge in [0.1, 0.15) is 12.6 Å². The molecule has 2 N–H and O–H groups in total. The Labute approximate surface area is 92.6 Å². The second-order valence-corrected chi connectivity index (χ2v) is 4.44. The maximum absolute atomic E-state index is 11.9. The molecule has 0 radical (unpaired) electrons. The second kappa shape index (κ2) is 3.77. The van der Waals surface area contributed by atoms with Gasteiger partial charge in [-0.15, -0.1) is 0 Å². The van der Waals surface area contributed by atoms with Crippen molar-refractivity contribution in [2.75, 3.05) is 13.1 Å². The molecule has 0 aromatic heterocycles. The van der Waals surface area contributed by atoms with Crippen LogP contribution in [0.4, 0.5) is 0 Å². The van der Waals surface area contributed by atoms with Gasteiger partial charge >= 0.3 is 5.97 Å². The van der Waals surface area contributed by atoms with Gasteiger partial charge in [0.15, 0.2) is 0 Å². The van der Waals surface area contributed by atoms with E-state index in [-0.39, 0.29) is 30.8 Å². The topological polar surface area (TPSA) is 86.7 Å². The van der Waals surface area contributed by atoms with Crippen molar-refractivity contribution in [1.82, 2.24) is 10.2 Å². The average Bonchev–Trinajstić information content (AvgIpc) is 2.94. The lowest BCUT2D eigenvalue weighted by Gasteiger charge is -2.32. The van der Waals surface area contributed by atoms with Crippen LogP contribution in [0.5, 0.6) is 0 Å². The predicted octanol–water partition coefficient (Wildman–Crippen LogP) is -0.946. The lowest BCUT2D eigenvalue weighted by Crippen LogP contribution is -2.59. The van der Waals surface area contributed by atoms with Gasteiger partial charge in [0.05, 0.1) is 0 Å². The molecule has 6 heteroatoms. The number of carboxylic acid groups (broad SMARTS) is 1. The molecule has 2 fully saturated rings. The van der Waals surface area contributed by atoms with Gasteiger partial charge < -0.3 is 15.3 Å². The van der Waals surface area contributed by atoms with Gasteiger partial charge in [0.25, 0.3) is 0 Å². The first-order valence-corrected chi connectivity index (χ1v) is 5.30. The van der Waals surface area contributed by atoms with Crippen molar-refractivity contribution >= 4 is 17.8 Å². The van der Waals surface area contributed by atoms with Crippen LogP contribution in [-0.4, -0.2) is 46.9 Å². The molecule has 0 bridgehead atoms. The smallest absolute Gasteiger partial charge is 0.328 e. The van der Waals surface area contributed by atoms with Gasteiger partial charge in [-0.3, -0.25) is 9.59 Å². The number of piperazine rings is 1. The van der Waals surface area contributed by atoms with Crippen molar-refractivity contribution in [1.29, 1.82) is 0 Å². The SMILES string of the molecule is CC1CC1C(=O)N1CC(=O)NCC1C(=O)O. The molecule has 2 aliphatic rings. The molecule has 1 saturated carbocycles. The number of hydrogen-bond acceptors (Lipinski definition) is 3. The Morgan fingerprint density at radius 1 is 1.50 bits per heavy atom. The molecule has 3 unspecified atom stereocenters. The van der Waals surface area contributed by atoms with Crippen LogP contribution in [0.25, 0.3) is 0 Å². The molecule has 0 spiro atoms. The highest BCUT2D eigenvalue weighted by Gasteiger charge is 2.45. The first kappa shape index (κ1) is 10.9. The molecule has 6 nitrogen and oxygen atoms in total. The summed E-state index contributed by atoms with van der Waals surface area (Å²) < 4.78 is 0. The highest BCUT2D eigenvalue weighted by Crippen LogP contribution is 2.39. The lowest BCUT2D eigenvalue weighted by molar-refractivity contribution is -0.154. The first-order chi connectivity index (χ1) is 7.50. The molecule has 1 aliphatic heterocycles. The Balaban J connectivity index is 2.10. The normalized spacial score (nSPS) is 33.2. The van der Waals surface area contributed by atoms with E-state index in [1.54, 1.807) is 0 Å². The fourth-order valence-corrected chi connectivity index (χ4v) is 1.97. The molecule has 0 aromatic rings. The Kier molecular flexibility index (Phi) is 2.57. The van der Waals surface area contributed by atoms with Crippen LogP contribution in [0.15, 0.2) is 0 Å². The molecule has 1 aliphatic carbocycles. The summed E-state index contributed by atoms with van der Waals surface area (Å²) in [5.74, 6) is -1.34. The van der Waals surface area contributed by atoms with Crippen molar-refractivity contribution in [2.45, 2.75) is 19.4 Å². The van der Waals surface area contributed by atoms with Gasteiger partial charge in [0.2, 0.25) is 11.8 Å². The van der Waals surface area contributed by atoms with Crippen molar-refractivity contribution in [3.8, 4) is 0 Å². The molecule has 0 aromatic carbocycles. The standard InChI is InChI=1S/C10H14N2O4/c1-5-2-6(5)9(14)12-4-8(13)11-3-7(12)10(15)16/h5-7H,2-4H2,1H3,(H,11,13)(H,15,16). The zero-order chi connectivity index (χ0) is 11.9. The summed E-state index contributed by atoms with van der Waals surface area (Å²) in [7, 11) is 0. The van der Waals surface area contributed by atoms with E-state index in [9.17, 15) is 14.4 Å². The van der Waals surface area contributed by atoms with Gasteiger partial charge in [-0.25, -0.2) is 4.79 Å².